The Bertz CT molecular complexity index is 625. The molecular weight excluding hydrogens is 290 g/mol. The van der Waals surface area contributed by atoms with Gasteiger partial charge in [0.25, 0.3) is 0 Å². The maximum atomic E-state index is 12.7. The highest BCUT2D eigenvalue weighted by Crippen LogP contribution is 2.26. The van der Waals surface area contributed by atoms with E-state index in [4.69, 9.17) is 0 Å². The normalized spacial score (nSPS) is 14.2. The van der Waals surface area contributed by atoms with E-state index in [-0.39, 0.29) is 11.4 Å². The van der Waals surface area contributed by atoms with Crippen molar-refractivity contribution < 1.29 is 17.9 Å². The fourth-order valence-corrected chi connectivity index (χ4v) is 4.13. The fourth-order valence-electron chi connectivity index (χ4n) is 2.60. The molecule has 0 saturated heterocycles. The number of methoxy groups -OCH3 is 1. The number of hydrogen-bond acceptors (Lipinski definition) is 4. The van der Waals surface area contributed by atoms with Crippen molar-refractivity contribution in [2.75, 3.05) is 20.2 Å². The molecule has 21 heavy (non-hydrogen) atoms. The molecule has 0 aromatic heterocycles. The number of nitrogens with zero attached hydrogens (tertiary/aromatic N) is 1. The highest BCUT2D eigenvalue weighted by Gasteiger charge is 2.27. The van der Waals surface area contributed by atoms with Gasteiger partial charge in [0.2, 0.25) is 10.0 Å². The molecule has 0 atom stereocenters. The molecule has 0 bridgehead atoms. The van der Waals surface area contributed by atoms with Gasteiger partial charge in [-0.1, -0.05) is 13.0 Å². The smallest absolute Gasteiger partial charge is 0.321 e. The number of carbonyl (C=O) groups excluding carboxylic acids is 1. The highest BCUT2D eigenvalue weighted by atomic mass is 32.2. The molecule has 1 aliphatic rings. The van der Waals surface area contributed by atoms with Crippen LogP contribution >= 0.6 is 0 Å². The summed E-state index contributed by atoms with van der Waals surface area (Å²) in [6.07, 6.45) is 3.64. The molecule has 6 heteroatoms. The van der Waals surface area contributed by atoms with E-state index < -0.39 is 16.0 Å². The lowest BCUT2D eigenvalue weighted by Gasteiger charge is -2.20. The van der Waals surface area contributed by atoms with Crippen LogP contribution in [-0.2, 0) is 32.4 Å². The number of esters is 1. The lowest BCUT2D eigenvalue weighted by molar-refractivity contribution is -0.140. The van der Waals surface area contributed by atoms with E-state index in [2.05, 4.69) is 4.74 Å². The van der Waals surface area contributed by atoms with Gasteiger partial charge in [-0.3, -0.25) is 4.79 Å². The van der Waals surface area contributed by atoms with Crippen LogP contribution in [-0.4, -0.2) is 38.9 Å². The Balaban J connectivity index is 2.31. The van der Waals surface area contributed by atoms with Gasteiger partial charge in [0, 0.05) is 6.54 Å². The molecular formula is C15H21NO4S. The lowest BCUT2D eigenvalue weighted by Crippen LogP contribution is -2.36. The zero-order chi connectivity index (χ0) is 15.5. The SMILES string of the molecule is CCCN(CC(=O)OC)S(=O)(=O)c1ccc2c(c1)CCC2. The first-order chi connectivity index (χ1) is 9.98. The Morgan fingerprint density at radius 3 is 2.67 bits per heavy atom. The zero-order valence-electron chi connectivity index (χ0n) is 12.5. The van der Waals surface area contributed by atoms with E-state index in [9.17, 15) is 13.2 Å². The van der Waals surface area contributed by atoms with Gasteiger partial charge in [0.1, 0.15) is 6.54 Å². The van der Waals surface area contributed by atoms with Crippen molar-refractivity contribution in [3.05, 3.63) is 29.3 Å². The molecule has 2 rings (SSSR count). The minimum atomic E-state index is -3.66. The highest BCUT2D eigenvalue weighted by molar-refractivity contribution is 7.89. The number of benzene rings is 1. The van der Waals surface area contributed by atoms with E-state index in [1.54, 1.807) is 12.1 Å². The standard InChI is InChI=1S/C15H21NO4S/c1-3-9-16(11-15(17)20-2)21(18,19)14-8-7-12-5-4-6-13(12)10-14/h7-8,10H,3-6,9,11H2,1-2H3. The summed E-state index contributed by atoms with van der Waals surface area (Å²) in [7, 11) is -2.40. The molecule has 0 heterocycles. The van der Waals surface area contributed by atoms with Crippen LogP contribution in [0.25, 0.3) is 0 Å². The lowest BCUT2D eigenvalue weighted by atomic mass is 10.1. The molecule has 0 aliphatic heterocycles. The summed E-state index contributed by atoms with van der Waals surface area (Å²) in [6, 6.07) is 5.27. The minimum absolute atomic E-state index is 0.246. The Morgan fingerprint density at radius 2 is 2.00 bits per heavy atom. The van der Waals surface area contributed by atoms with Crippen molar-refractivity contribution >= 4 is 16.0 Å². The van der Waals surface area contributed by atoms with Crippen LogP contribution in [0, 0.1) is 0 Å². The van der Waals surface area contributed by atoms with Crippen molar-refractivity contribution in [2.24, 2.45) is 0 Å². The van der Waals surface area contributed by atoms with Gasteiger partial charge in [-0.05, 0) is 48.9 Å². The topological polar surface area (TPSA) is 63.7 Å². The molecule has 1 aliphatic carbocycles. The third-order valence-electron chi connectivity index (χ3n) is 3.71. The first-order valence-electron chi connectivity index (χ1n) is 7.17. The molecule has 0 fully saturated rings. The van der Waals surface area contributed by atoms with Crippen molar-refractivity contribution in [2.45, 2.75) is 37.5 Å². The maximum absolute atomic E-state index is 12.7. The molecule has 0 unspecified atom stereocenters. The van der Waals surface area contributed by atoms with Gasteiger partial charge < -0.3 is 4.74 Å². The fraction of sp³-hybridized carbons (Fsp3) is 0.533. The predicted molar refractivity (Wildman–Crippen MR) is 79.5 cm³/mol. The van der Waals surface area contributed by atoms with Gasteiger partial charge in [-0.2, -0.15) is 4.31 Å². The largest absolute Gasteiger partial charge is 0.468 e. The van der Waals surface area contributed by atoms with E-state index in [1.807, 2.05) is 13.0 Å². The summed E-state index contributed by atoms with van der Waals surface area (Å²) in [6.45, 7) is 1.93. The molecule has 0 N–H and O–H groups in total. The number of rotatable bonds is 6. The average Bonchev–Trinajstić information content (AvgIpc) is 2.93. The molecule has 0 spiro atoms. The molecule has 0 saturated carbocycles. The number of carbonyl (C=O) groups is 1. The average molecular weight is 311 g/mol. The number of hydrogen-bond donors (Lipinski definition) is 0. The molecule has 1 aromatic rings. The molecule has 0 radical (unpaired) electrons. The first-order valence-corrected chi connectivity index (χ1v) is 8.61. The number of sulfonamides is 1. The molecule has 5 nitrogen and oxygen atoms in total. The van der Waals surface area contributed by atoms with Crippen molar-refractivity contribution in [3.8, 4) is 0 Å². The Morgan fingerprint density at radius 1 is 1.29 bits per heavy atom. The number of fused-ring (bicyclic) bond motifs is 1. The van der Waals surface area contributed by atoms with Gasteiger partial charge in [0.05, 0.1) is 12.0 Å². The van der Waals surface area contributed by atoms with Crippen molar-refractivity contribution in [1.29, 1.82) is 0 Å². The van der Waals surface area contributed by atoms with Crippen LogP contribution in [0.1, 0.15) is 30.9 Å². The summed E-state index contributed by atoms with van der Waals surface area (Å²) in [5, 5.41) is 0. The maximum Gasteiger partial charge on any atom is 0.321 e. The third kappa shape index (κ3) is 3.44. The Kier molecular flexibility index (Phi) is 5.00. The predicted octanol–water partition coefficient (Wildman–Crippen LogP) is 1.75. The second-order valence-electron chi connectivity index (χ2n) is 5.20. The van der Waals surface area contributed by atoms with Crippen LogP contribution in [0.4, 0.5) is 0 Å². The summed E-state index contributed by atoms with van der Waals surface area (Å²) in [5.41, 5.74) is 2.33. The molecule has 1 aromatic carbocycles. The van der Waals surface area contributed by atoms with E-state index in [0.717, 1.165) is 24.8 Å². The van der Waals surface area contributed by atoms with Crippen LogP contribution in [0.5, 0.6) is 0 Å². The number of aryl methyl sites for hydroxylation is 2. The quantitative estimate of drug-likeness (QED) is 0.751. The number of ether oxygens (including phenoxy) is 1. The van der Waals surface area contributed by atoms with Crippen molar-refractivity contribution in [1.82, 2.24) is 4.31 Å². The summed E-state index contributed by atoms with van der Waals surface area (Å²) < 4.78 is 31.2. The summed E-state index contributed by atoms with van der Waals surface area (Å²) >= 11 is 0. The van der Waals surface area contributed by atoms with Crippen LogP contribution in [0.3, 0.4) is 0 Å². The van der Waals surface area contributed by atoms with Crippen LogP contribution in [0.2, 0.25) is 0 Å². The van der Waals surface area contributed by atoms with Gasteiger partial charge in [-0.15, -0.1) is 0 Å². The summed E-state index contributed by atoms with van der Waals surface area (Å²) in [4.78, 5) is 11.7. The van der Waals surface area contributed by atoms with Crippen molar-refractivity contribution in [3.63, 3.8) is 0 Å². The first kappa shape index (κ1) is 16.0. The van der Waals surface area contributed by atoms with Gasteiger partial charge in [0.15, 0.2) is 0 Å². The van der Waals surface area contributed by atoms with Gasteiger partial charge in [-0.25, -0.2) is 8.42 Å². The minimum Gasteiger partial charge on any atom is -0.468 e. The molecule has 0 amide bonds. The van der Waals surface area contributed by atoms with E-state index >= 15 is 0 Å². The second-order valence-corrected chi connectivity index (χ2v) is 7.14. The third-order valence-corrected chi connectivity index (χ3v) is 5.56. The summed E-state index contributed by atoms with van der Waals surface area (Å²) in [5.74, 6) is -0.548. The monoisotopic (exact) mass is 311 g/mol. The van der Waals surface area contributed by atoms with Gasteiger partial charge >= 0.3 is 5.97 Å². The Hall–Kier alpha value is -1.40. The zero-order valence-corrected chi connectivity index (χ0v) is 13.3. The Labute approximate surface area is 126 Å². The van der Waals surface area contributed by atoms with Crippen LogP contribution in [0.15, 0.2) is 23.1 Å². The van der Waals surface area contributed by atoms with Crippen LogP contribution < -0.4 is 0 Å². The molecule has 116 valence electrons. The second kappa shape index (κ2) is 6.58. The van der Waals surface area contributed by atoms with E-state index in [1.165, 1.54) is 17.0 Å². The van der Waals surface area contributed by atoms with E-state index in [0.29, 0.717) is 13.0 Å².